The third kappa shape index (κ3) is 2.77. The summed E-state index contributed by atoms with van der Waals surface area (Å²) < 4.78 is 1.18. The molecule has 1 aliphatic heterocycles. The SMILES string of the molecule is CC(C)N1CCC[C@@H]1c1nc(N(C)C)ncc1I. The molecule has 0 unspecified atom stereocenters. The van der Waals surface area contributed by atoms with E-state index in [9.17, 15) is 0 Å². The highest BCUT2D eigenvalue weighted by Gasteiger charge is 2.30. The average Bonchev–Trinajstić information content (AvgIpc) is 2.78. The van der Waals surface area contributed by atoms with Gasteiger partial charge in [-0.15, -0.1) is 0 Å². The first-order chi connectivity index (χ1) is 8.50. The molecule has 1 aromatic heterocycles. The molecule has 2 rings (SSSR count). The zero-order chi connectivity index (χ0) is 13.3. The fourth-order valence-electron chi connectivity index (χ4n) is 2.52. The third-order valence-corrected chi connectivity index (χ3v) is 4.26. The van der Waals surface area contributed by atoms with Crippen molar-refractivity contribution in [2.24, 2.45) is 0 Å². The Morgan fingerprint density at radius 1 is 1.44 bits per heavy atom. The molecule has 0 bridgehead atoms. The molecule has 100 valence electrons. The molecule has 2 heterocycles. The molecule has 0 N–H and O–H groups in total. The molecule has 0 saturated carbocycles. The summed E-state index contributed by atoms with van der Waals surface area (Å²) in [7, 11) is 3.97. The van der Waals surface area contributed by atoms with E-state index in [1.54, 1.807) is 0 Å². The van der Waals surface area contributed by atoms with Gasteiger partial charge in [0, 0.05) is 26.3 Å². The summed E-state index contributed by atoms with van der Waals surface area (Å²) in [6, 6.07) is 1.03. The third-order valence-electron chi connectivity index (χ3n) is 3.43. The van der Waals surface area contributed by atoms with Gasteiger partial charge >= 0.3 is 0 Å². The molecule has 0 spiro atoms. The number of aromatic nitrogens is 2. The predicted octanol–water partition coefficient (Wildman–Crippen LogP) is 2.69. The number of hydrogen-bond donors (Lipinski definition) is 0. The second-order valence-corrected chi connectivity index (χ2v) is 6.45. The van der Waals surface area contributed by atoms with Crippen LogP contribution in [-0.2, 0) is 0 Å². The quantitative estimate of drug-likeness (QED) is 0.776. The monoisotopic (exact) mass is 360 g/mol. The lowest BCUT2D eigenvalue weighted by molar-refractivity contribution is 0.201. The van der Waals surface area contributed by atoms with Gasteiger partial charge in [-0.05, 0) is 55.8 Å². The molecule has 1 saturated heterocycles. The van der Waals surface area contributed by atoms with Crippen molar-refractivity contribution in [3.63, 3.8) is 0 Å². The maximum absolute atomic E-state index is 4.75. The second-order valence-electron chi connectivity index (χ2n) is 5.29. The molecule has 18 heavy (non-hydrogen) atoms. The molecule has 0 amide bonds. The lowest BCUT2D eigenvalue weighted by Crippen LogP contribution is -2.31. The Balaban J connectivity index is 2.34. The van der Waals surface area contributed by atoms with Crippen molar-refractivity contribution >= 4 is 28.5 Å². The minimum atomic E-state index is 0.457. The Kier molecular flexibility index (Phi) is 4.42. The van der Waals surface area contributed by atoms with Gasteiger partial charge in [0.05, 0.1) is 15.3 Å². The van der Waals surface area contributed by atoms with Gasteiger partial charge in [-0.1, -0.05) is 0 Å². The molecule has 1 fully saturated rings. The fraction of sp³-hybridized carbons (Fsp3) is 0.692. The second kappa shape index (κ2) is 5.69. The molecule has 1 aliphatic rings. The summed E-state index contributed by atoms with van der Waals surface area (Å²) in [6.45, 7) is 5.71. The molecule has 0 aromatic carbocycles. The van der Waals surface area contributed by atoms with Gasteiger partial charge in [0.2, 0.25) is 5.95 Å². The van der Waals surface area contributed by atoms with Crippen LogP contribution in [0.1, 0.15) is 38.4 Å². The van der Waals surface area contributed by atoms with Crippen molar-refractivity contribution in [1.29, 1.82) is 0 Å². The maximum Gasteiger partial charge on any atom is 0.225 e. The first-order valence-electron chi connectivity index (χ1n) is 6.46. The topological polar surface area (TPSA) is 32.3 Å². The molecule has 0 aliphatic carbocycles. The normalized spacial score (nSPS) is 20.7. The van der Waals surface area contributed by atoms with E-state index in [0.717, 1.165) is 5.95 Å². The number of anilines is 1. The molecule has 1 atom stereocenters. The van der Waals surface area contributed by atoms with Crippen molar-refractivity contribution in [2.45, 2.75) is 38.8 Å². The van der Waals surface area contributed by atoms with Gasteiger partial charge in [0.1, 0.15) is 0 Å². The van der Waals surface area contributed by atoms with Gasteiger partial charge in [-0.2, -0.15) is 0 Å². The van der Waals surface area contributed by atoms with Crippen molar-refractivity contribution < 1.29 is 0 Å². The van der Waals surface area contributed by atoms with Gasteiger partial charge in [-0.3, -0.25) is 4.90 Å². The first-order valence-corrected chi connectivity index (χ1v) is 7.54. The van der Waals surface area contributed by atoms with E-state index in [4.69, 9.17) is 4.98 Å². The number of halogens is 1. The van der Waals surface area contributed by atoms with Crippen LogP contribution in [0.5, 0.6) is 0 Å². The van der Waals surface area contributed by atoms with Crippen LogP contribution in [0.3, 0.4) is 0 Å². The highest BCUT2D eigenvalue weighted by atomic mass is 127. The minimum Gasteiger partial charge on any atom is -0.347 e. The van der Waals surface area contributed by atoms with Gasteiger partial charge in [0.25, 0.3) is 0 Å². The smallest absolute Gasteiger partial charge is 0.225 e. The summed E-state index contributed by atoms with van der Waals surface area (Å²) in [6.07, 6.45) is 4.41. The summed E-state index contributed by atoms with van der Waals surface area (Å²) in [5.41, 5.74) is 1.19. The molecular weight excluding hydrogens is 339 g/mol. The molecule has 4 nitrogen and oxygen atoms in total. The molecule has 0 radical (unpaired) electrons. The number of rotatable bonds is 3. The van der Waals surface area contributed by atoms with E-state index < -0.39 is 0 Å². The Morgan fingerprint density at radius 2 is 2.17 bits per heavy atom. The van der Waals surface area contributed by atoms with Gasteiger partial charge < -0.3 is 4.90 Å². The van der Waals surface area contributed by atoms with E-state index in [2.05, 4.69) is 46.3 Å². The van der Waals surface area contributed by atoms with Crippen molar-refractivity contribution in [1.82, 2.24) is 14.9 Å². The van der Waals surface area contributed by atoms with Crippen molar-refractivity contribution in [3.05, 3.63) is 15.5 Å². The van der Waals surface area contributed by atoms with Gasteiger partial charge in [0.15, 0.2) is 0 Å². The summed E-state index contributed by atoms with van der Waals surface area (Å²) in [5, 5.41) is 0. The highest BCUT2D eigenvalue weighted by Crippen LogP contribution is 2.34. The molecule has 5 heteroatoms. The van der Waals surface area contributed by atoms with Crippen LogP contribution >= 0.6 is 22.6 Å². The Morgan fingerprint density at radius 3 is 2.78 bits per heavy atom. The highest BCUT2D eigenvalue weighted by molar-refractivity contribution is 14.1. The van der Waals surface area contributed by atoms with Crippen LogP contribution in [0.2, 0.25) is 0 Å². The zero-order valence-corrected chi connectivity index (χ0v) is 13.7. The van der Waals surface area contributed by atoms with Crippen LogP contribution in [0, 0.1) is 3.57 Å². The first kappa shape index (κ1) is 14.0. The fourth-order valence-corrected chi connectivity index (χ4v) is 3.14. The van der Waals surface area contributed by atoms with Crippen LogP contribution in [0.25, 0.3) is 0 Å². The standard InChI is InChI=1S/C13H21IN4/c1-9(2)18-7-5-6-11(18)12-10(14)8-15-13(16-12)17(3)4/h8-9,11H,5-7H2,1-4H3/t11-/m1/s1. The van der Waals surface area contributed by atoms with Crippen LogP contribution in [0.4, 0.5) is 5.95 Å². The van der Waals surface area contributed by atoms with Crippen LogP contribution in [0.15, 0.2) is 6.20 Å². The minimum absolute atomic E-state index is 0.457. The molecular formula is C13H21IN4. The van der Waals surface area contributed by atoms with Crippen molar-refractivity contribution in [2.75, 3.05) is 25.5 Å². The molecule has 1 aromatic rings. The van der Waals surface area contributed by atoms with E-state index in [-0.39, 0.29) is 0 Å². The van der Waals surface area contributed by atoms with Gasteiger partial charge in [-0.25, -0.2) is 9.97 Å². The Bertz CT molecular complexity index is 419. The van der Waals surface area contributed by atoms with E-state index in [1.807, 2.05) is 25.2 Å². The largest absolute Gasteiger partial charge is 0.347 e. The van der Waals surface area contributed by atoms with E-state index >= 15 is 0 Å². The predicted molar refractivity (Wildman–Crippen MR) is 82.9 cm³/mol. The summed E-state index contributed by atoms with van der Waals surface area (Å²) in [5.74, 6) is 0.807. The van der Waals surface area contributed by atoms with E-state index in [0.29, 0.717) is 12.1 Å². The van der Waals surface area contributed by atoms with Crippen molar-refractivity contribution in [3.8, 4) is 0 Å². The summed E-state index contributed by atoms with van der Waals surface area (Å²) in [4.78, 5) is 13.6. The lowest BCUT2D eigenvalue weighted by Gasteiger charge is -2.28. The maximum atomic E-state index is 4.75. The zero-order valence-electron chi connectivity index (χ0n) is 11.5. The Hall–Kier alpha value is -0.430. The number of likely N-dealkylation sites (tertiary alicyclic amines) is 1. The number of hydrogen-bond acceptors (Lipinski definition) is 4. The van der Waals surface area contributed by atoms with Crippen LogP contribution < -0.4 is 4.90 Å². The lowest BCUT2D eigenvalue weighted by atomic mass is 10.1. The summed E-state index contributed by atoms with van der Waals surface area (Å²) >= 11 is 2.35. The Labute approximate surface area is 123 Å². The number of nitrogens with zero attached hydrogens (tertiary/aromatic N) is 4. The van der Waals surface area contributed by atoms with Crippen LogP contribution in [-0.4, -0.2) is 41.5 Å². The van der Waals surface area contributed by atoms with E-state index in [1.165, 1.54) is 28.7 Å². The average molecular weight is 360 g/mol.